The number of thiophene rings is 1. The molecule has 25 heavy (non-hydrogen) atoms. The SMILES string of the molecule is OC1(c2cccs2)CCCCCCCCCCC1CN1CCCCC1. The van der Waals surface area contributed by atoms with E-state index in [1.54, 1.807) is 11.3 Å². The van der Waals surface area contributed by atoms with Crippen molar-refractivity contribution in [3.8, 4) is 0 Å². The fraction of sp³-hybridized carbons (Fsp3) is 0.818. The van der Waals surface area contributed by atoms with Crippen molar-refractivity contribution in [1.82, 2.24) is 4.90 Å². The van der Waals surface area contributed by atoms with E-state index in [-0.39, 0.29) is 0 Å². The lowest BCUT2D eigenvalue weighted by molar-refractivity contribution is -0.0494. The highest BCUT2D eigenvalue weighted by atomic mass is 32.1. The van der Waals surface area contributed by atoms with Gasteiger partial charge in [-0.15, -0.1) is 11.3 Å². The van der Waals surface area contributed by atoms with Gasteiger partial charge in [0.15, 0.2) is 0 Å². The Kier molecular flexibility index (Phi) is 7.82. The molecule has 0 spiro atoms. The van der Waals surface area contributed by atoms with E-state index in [1.807, 2.05) is 0 Å². The minimum absolute atomic E-state index is 0.392. The summed E-state index contributed by atoms with van der Waals surface area (Å²) in [6.07, 6.45) is 16.8. The van der Waals surface area contributed by atoms with Gasteiger partial charge in [0, 0.05) is 17.3 Å². The molecular weight excluding hydrogens is 326 g/mol. The standard InChI is InChI=1S/C22H37NOS/c24-22(21-14-12-18-25-21)15-9-6-4-2-1-3-5-8-13-20(22)19-23-16-10-7-11-17-23/h12,14,18,20,24H,1-11,13,15-17,19H2. The Bertz CT molecular complexity index is 468. The van der Waals surface area contributed by atoms with Crippen LogP contribution in [-0.4, -0.2) is 29.6 Å². The van der Waals surface area contributed by atoms with Crippen LogP contribution >= 0.6 is 11.3 Å². The molecular formula is C22H37NOS. The van der Waals surface area contributed by atoms with Crippen LogP contribution in [0.15, 0.2) is 17.5 Å². The summed E-state index contributed by atoms with van der Waals surface area (Å²) in [5.74, 6) is 0.392. The van der Waals surface area contributed by atoms with Crippen LogP contribution in [-0.2, 0) is 5.60 Å². The number of hydrogen-bond acceptors (Lipinski definition) is 3. The van der Waals surface area contributed by atoms with Crippen LogP contribution in [0.25, 0.3) is 0 Å². The second kappa shape index (κ2) is 10.1. The molecule has 1 aliphatic carbocycles. The Morgan fingerprint density at radius 2 is 1.56 bits per heavy atom. The molecule has 0 aromatic carbocycles. The minimum atomic E-state index is -0.606. The molecule has 2 fully saturated rings. The van der Waals surface area contributed by atoms with Gasteiger partial charge in [0.05, 0.1) is 0 Å². The van der Waals surface area contributed by atoms with E-state index in [1.165, 1.54) is 95.0 Å². The minimum Gasteiger partial charge on any atom is -0.384 e. The first kappa shape index (κ1) is 19.4. The first-order chi connectivity index (χ1) is 12.3. The van der Waals surface area contributed by atoms with Gasteiger partial charge in [-0.2, -0.15) is 0 Å². The van der Waals surface area contributed by atoms with Crippen LogP contribution in [0, 0.1) is 5.92 Å². The summed E-state index contributed by atoms with van der Waals surface area (Å²) in [5.41, 5.74) is -0.606. The summed E-state index contributed by atoms with van der Waals surface area (Å²) < 4.78 is 0. The van der Waals surface area contributed by atoms with Gasteiger partial charge in [0.25, 0.3) is 0 Å². The summed E-state index contributed by atoms with van der Waals surface area (Å²) in [7, 11) is 0. The van der Waals surface area contributed by atoms with Crippen molar-refractivity contribution < 1.29 is 5.11 Å². The quantitative estimate of drug-likeness (QED) is 0.717. The second-order valence-corrected chi connectivity index (χ2v) is 9.27. The summed E-state index contributed by atoms with van der Waals surface area (Å²) in [5, 5.41) is 14.0. The zero-order valence-corrected chi connectivity index (χ0v) is 16.7. The van der Waals surface area contributed by atoms with Crippen molar-refractivity contribution >= 4 is 11.3 Å². The van der Waals surface area contributed by atoms with E-state index in [0.29, 0.717) is 5.92 Å². The van der Waals surface area contributed by atoms with Crippen LogP contribution in [0.2, 0.25) is 0 Å². The molecule has 3 rings (SSSR count). The molecule has 1 aromatic rings. The highest BCUT2D eigenvalue weighted by Crippen LogP contribution is 2.41. The first-order valence-electron chi connectivity index (χ1n) is 10.8. The zero-order valence-electron chi connectivity index (χ0n) is 15.9. The van der Waals surface area contributed by atoms with E-state index in [2.05, 4.69) is 22.4 Å². The Balaban J connectivity index is 1.76. The zero-order chi connectivity index (χ0) is 17.4. The molecule has 2 heterocycles. The molecule has 0 bridgehead atoms. The third-order valence-electron chi connectivity index (χ3n) is 6.41. The van der Waals surface area contributed by atoms with Crippen molar-refractivity contribution in [3.63, 3.8) is 0 Å². The molecule has 2 aliphatic rings. The average Bonchev–Trinajstić information content (AvgIpc) is 3.17. The lowest BCUT2D eigenvalue weighted by atomic mass is 9.77. The number of likely N-dealkylation sites (tertiary alicyclic amines) is 1. The van der Waals surface area contributed by atoms with Crippen molar-refractivity contribution in [3.05, 3.63) is 22.4 Å². The van der Waals surface area contributed by atoms with Gasteiger partial charge in [0.2, 0.25) is 0 Å². The summed E-state index contributed by atoms with van der Waals surface area (Å²) in [6.45, 7) is 3.56. The molecule has 1 saturated heterocycles. The van der Waals surface area contributed by atoms with Crippen LogP contribution in [0.3, 0.4) is 0 Å². The number of piperidine rings is 1. The van der Waals surface area contributed by atoms with E-state index < -0.39 is 5.60 Å². The van der Waals surface area contributed by atoms with Gasteiger partial charge >= 0.3 is 0 Å². The Labute approximate surface area is 158 Å². The Morgan fingerprint density at radius 3 is 2.24 bits per heavy atom. The van der Waals surface area contributed by atoms with E-state index in [4.69, 9.17) is 0 Å². The normalized spacial score (nSPS) is 31.2. The Hall–Kier alpha value is -0.380. The second-order valence-electron chi connectivity index (χ2n) is 8.33. The lowest BCUT2D eigenvalue weighted by Crippen LogP contribution is -2.44. The Morgan fingerprint density at radius 1 is 0.920 bits per heavy atom. The molecule has 1 saturated carbocycles. The number of aliphatic hydroxyl groups is 1. The molecule has 2 atom stereocenters. The van der Waals surface area contributed by atoms with E-state index >= 15 is 0 Å². The van der Waals surface area contributed by atoms with Gasteiger partial charge < -0.3 is 10.0 Å². The monoisotopic (exact) mass is 363 g/mol. The van der Waals surface area contributed by atoms with Gasteiger partial charge in [-0.25, -0.2) is 0 Å². The highest BCUT2D eigenvalue weighted by Gasteiger charge is 2.39. The van der Waals surface area contributed by atoms with Gasteiger partial charge in [-0.1, -0.05) is 63.9 Å². The predicted octanol–water partition coefficient (Wildman–Crippen LogP) is 5.95. The highest BCUT2D eigenvalue weighted by molar-refractivity contribution is 7.10. The number of hydrogen-bond donors (Lipinski definition) is 1. The summed E-state index contributed by atoms with van der Waals surface area (Å²) in [4.78, 5) is 3.85. The maximum absolute atomic E-state index is 11.9. The molecule has 0 radical (unpaired) electrons. The average molecular weight is 364 g/mol. The fourth-order valence-corrected chi connectivity index (χ4v) is 5.77. The maximum Gasteiger partial charge on any atom is 0.103 e. The van der Waals surface area contributed by atoms with Crippen LogP contribution in [0.5, 0.6) is 0 Å². The molecule has 2 unspecified atom stereocenters. The van der Waals surface area contributed by atoms with Crippen molar-refractivity contribution in [2.75, 3.05) is 19.6 Å². The molecule has 1 N–H and O–H groups in total. The van der Waals surface area contributed by atoms with Crippen molar-refractivity contribution in [1.29, 1.82) is 0 Å². The third kappa shape index (κ3) is 5.55. The fourth-order valence-electron chi connectivity index (χ4n) is 4.83. The predicted molar refractivity (Wildman–Crippen MR) is 108 cm³/mol. The largest absolute Gasteiger partial charge is 0.384 e. The van der Waals surface area contributed by atoms with Crippen LogP contribution in [0.4, 0.5) is 0 Å². The van der Waals surface area contributed by atoms with E-state index in [0.717, 1.165) is 13.0 Å². The topological polar surface area (TPSA) is 23.5 Å². The van der Waals surface area contributed by atoms with Gasteiger partial charge in [-0.05, 0) is 50.2 Å². The molecule has 142 valence electrons. The summed E-state index contributed by atoms with van der Waals surface area (Å²) in [6, 6.07) is 4.30. The van der Waals surface area contributed by atoms with Gasteiger partial charge in [-0.3, -0.25) is 0 Å². The molecule has 1 aromatic heterocycles. The smallest absolute Gasteiger partial charge is 0.103 e. The molecule has 1 aliphatic heterocycles. The first-order valence-corrected chi connectivity index (χ1v) is 11.7. The van der Waals surface area contributed by atoms with Crippen LogP contribution in [0.1, 0.15) is 88.3 Å². The van der Waals surface area contributed by atoms with Crippen LogP contribution < -0.4 is 0 Å². The number of nitrogens with zero attached hydrogens (tertiary/aromatic N) is 1. The van der Waals surface area contributed by atoms with E-state index in [9.17, 15) is 5.11 Å². The molecule has 0 amide bonds. The summed E-state index contributed by atoms with van der Waals surface area (Å²) >= 11 is 1.76. The van der Waals surface area contributed by atoms with Gasteiger partial charge in [0.1, 0.15) is 5.60 Å². The third-order valence-corrected chi connectivity index (χ3v) is 7.45. The number of rotatable bonds is 3. The van der Waals surface area contributed by atoms with Crippen molar-refractivity contribution in [2.45, 2.75) is 89.1 Å². The lowest BCUT2D eigenvalue weighted by Gasteiger charge is -2.40. The molecule has 2 nitrogen and oxygen atoms in total. The molecule has 3 heteroatoms. The van der Waals surface area contributed by atoms with Crippen molar-refractivity contribution in [2.24, 2.45) is 5.92 Å². The maximum atomic E-state index is 11.9.